The van der Waals surface area contributed by atoms with Gasteiger partial charge in [0.05, 0.1) is 17.2 Å². The first kappa shape index (κ1) is 18.0. The quantitative estimate of drug-likeness (QED) is 0.797. The lowest BCUT2D eigenvalue weighted by molar-refractivity contribution is -0.137. The van der Waals surface area contributed by atoms with E-state index in [-0.39, 0.29) is 6.04 Å². The molecular weight excluding hydrogens is 279 g/mol. The Morgan fingerprint density at radius 1 is 1.19 bits per heavy atom. The van der Waals surface area contributed by atoms with Gasteiger partial charge < -0.3 is 10.1 Å². The van der Waals surface area contributed by atoms with Crippen molar-refractivity contribution in [2.45, 2.75) is 51.9 Å². The van der Waals surface area contributed by atoms with E-state index in [4.69, 9.17) is 4.74 Å². The van der Waals surface area contributed by atoms with Crippen LogP contribution in [0, 0.1) is 0 Å². The summed E-state index contributed by atoms with van der Waals surface area (Å²) < 4.78 is 44.5. The number of halogens is 3. The van der Waals surface area contributed by atoms with E-state index in [1.165, 1.54) is 12.1 Å². The van der Waals surface area contributed by atoms with E-state index in [1.807, 2.05) is 27.7 Å². The SMILES string of the molecule is CCNC(c1cccc(C(F)(F)F)c1)C(C)(CC)OCC. The summed E-state index contributed by atoms with van der Waals surface area (Å²) in [6.45, 7) is 8.91. The van der Waals surface area contributed by atoms with E-state index in [0.29, 0.717) is 25.1 Å². The lowest BCUT2D eigenvalue weighted by Gasteiger charge is -2.38. The lowest BCUT2D eigenvalue weighted by atomic mass is 9.86. The Kier molecular flexibility index (Phi) is 6.23. The standard InChI is InChI=1S/C16H24F3NO/c1-5-15(4,21-7-3)14(20-6-2)12-9-8-10-13(11-12)16(17,18)19/h8-11,14,20H,5-7H2,1-4H3. The zero-order valence-corrected chi connectivity index (χ0v) is 13.1. The predicted octanol–water partition coefficient (Wildman–Crippen LogP) is 4.56. The van der Waals surface area contributed by atoms with Crippen molar-refractivity contribution in [2.24, 2.45) is 0 Å². The molecule has 0 aliphatic rings. The van der Waals surface area contributed by atoms with Crippen LogP contribution in [-0.4, -0.2) is 18.8 Å². The number of benzene rings is 1. The van der Waals surface area contributed by atoms with Crippen LogP contribution in [0.5, 0.6) is 0 Å². The zero-order chi connectivity index (χ0) is 16.1. The largest absolute Gasteiger partial charge is 0.416 e. The average Bonchev–Trinajstić information content (AvgIpc) is 2.44. The Hall–Kier alpha value is -1.07. The molecule has 5 heteroatoms. The maximum Gasteiger partial charge on any atom is 0.416 e. The summed E-state index contributed by atoms with van der Waals surface area (Å²) in [5.74, 6) is 0. The lowest BCUT2D eigenvalue weighted by Crippen LogP contribution is -2.43. The molecule has 0 saturated carbocycles. The van der Waals surface area contributed by atoms with Crippen molar-refractivity contribution >= 4 is 0 Å². The Balaban J connectivity index is 3.22. The third-order valence-corrected chi connectivity index (χ3v) is 3.74. The maximum absolute atomic E-state index is 12.9. The van der Waals surface area contributed by atoms with Gasteiger partial charge in [-0.15, -0.1) is 0 Å². The Morgan fingerprint density at radius 2 is 1.86 bits per heavy atom. The molecular formula is C16H24F3NO. The minimum absolute atomic E-state index is 0.283. The average molecular weight is 303 g/mol. The van der Waals surface area contributed by atoms with Gasteiger partial charge in [-0.25, -0.2) is 0 Å². The number of ether oxygens (including phenoxy) is 1. The third-order valence-electron chi connectivity index (χ3n) is 3.74. The highest BCUT2D eigenvalue weighted by Crippen LogP contribution is 2.35. The molecule has 21 heavy (non-hydrogen) atoms. The predicted molar refractivity (Wildman–Crippen MR) is 78.2 cm³/mol. The van der Waals surface area contributed by atoms with Gasteiger partial charge in [-0.1, -0.05) is 26.0 Å². The molecule has 0 fully saturated rings. The minimum atomic E-state index is -4.33. The number of likely N-dealkylation sites (N-methyl/N-ethyl adjacent to an activating group) is 1. The Bertz CT molecular complexity index is 447. The smallest absolute Gasteiger partial charge is 0.374 e. The molecule has 0 aliphatic heterocycles. The van der Waals surface area contributed by atoms with Crippen molar-refractivity contribution in [3.8, 4) is 0 Å². The first-order valence-corrected chi connectivity index (χ1v) is 7.33. The molecule has 2 nitrogen and oxygen atoms in total. The Labute approximate surface area is 124 Å². The summed E-state index contributed by atoms with van der Waals surface area (Å²) in [5.41, 5.74) is -0.572. The number of hydrogen-bond acceptors (Lipinski definition) is 2. The molecule has 0 aromatic heterocycles. The molecule has 120 valence electrons. The summed E-state index contributed by atoms with van der Waals surface area (Å²) in [6.07, 6.45) is -3.63. The number of rotatable bonds is 7. The van der Waals surface area contributed by atoms with Gasteiger partial charge in [-0.05, 0) is 44.5 Å². The molecule has 0 radical (unpaired) electrons. The normalized spacial score (nSPS) is 16.5. The first-order valence-electron chi connectivity index (χ1n) is 7.33. The van der Waals surface area contributed by atoms with Crippen LogP contribution < -0.4 is 5.32 Å². The van der Waals surface area contributed by atoms with Crippen LogP contribution in [0.4, 0.5) is 13.2 Å². The van der Waals surface area contributed by atoms with Crippen LogP contribution in [0.25, 0.3) is 0 Å². The van der Waals surface area contributed by atoms with Crippen LogP contribution in [0.1, 0.15) is 51.3 Å². The molecule has 1 aromatic carbocycles. The zero-order valence-electron chi connectivity index (χ0n) is 13.1. The second kappa shape index (κ2) is 7.27. The van der Waals surface area contributed by atoms with Crippen molar-refractivity contribution in [1.29, 1.82) is 0 Å². The van der Waals surface area contributed by atoms with Crippen molar-refractivity contribution in [3.63, 3.8) is 0 Å². The van der Waals surface area contributed by atoms with Gasteiger partial charge in [-0.2, -0.15) is 13.2 Å². The fourth-order valence-electron chi connectivity index (χ4n) is 2.50. The van der Waals surface area contributed by atoms with E-state index in [0.717, 1.165) is 6.07 Å². The molecule has 0 aliphatic carbocycles. The van der Waals surface area contributed by atoms with Crippen LogP contribution >= 0.6 is 0 Å². The number of nitrogens with one attached hydrogen (secondary N) is 1. The molecule has 1 aromatic rings. The first-order chi connectivity index (χ1) is 9.78. The molecule has 2 unspecified atom stereocenters. The van der Waals surface area contributed by atoms with Gasteiger partial charge in [0, 0.05) is 6.61 Å². The molecule has 0 amide bonds. The van der Waals surface area contributed by atoms with Crippen molar-refractivity contribution in [3.05, 3.63) is 35.4 Å². The highest BCUT2D eigenvalue weighted by molar-refractivity contribution is 5.29. The highest BCUT2D eigenvalue weighted by Gasteiger charge is 2.36. The van der Waals surface area contributed by atoms with Gasteiger partial charge >= 0.3 is 6.18 Å². The van der Waals surface area contributed by atoms with Gasteiger partial charge in [0.1, 0.15) is 0 Å². The van der Waals surface area contributed by atoms with E-state index in [2.05, 4.69) is 5.32 Å². The van der Waals surface area contributed by atoms with Crippen LogP contribution in [-0.2, 0) is 10.9 Å². The molecule has 0 heterocycles. The molecule has 2 atom stereocenters. The maximum atomic E-state index is 12.9. The second-order valence-electron chi connectivity index (χ2n) is 5.21. The van der Waals surface area contributed by atoms with E-state index < -0.39 is 17.3 Å². The molecule has 0 bridgehead atoms. The fraction of sp³-hybridized carbons (Fsp3) is 0.625. The minimum Gasteiger partial charge on any atom is -0.374 e. The van der Waals surface area contributed by atoms with Crippen molar-refractivity contribution < 1.29 is 17.9 Å². The molecule has 1 rings (SSSR count). The molecule has 0 spiro atoms. The number of hydrogen-bond donors (Lipinski definition) is 1. The Morgan fingerprint density at radius 3 is 2.33 bits per heavy atom. The van der Waals surface area contributed by atoms with Gasteiger partial charge in [0.15, 0.2) is 0 Å². The summed E-state index contributed by atoms with van der Waals surface area (Å²) in [7, 11) is 0. The molecule has 1 N–H and O–H groups in total. The summed E-state index contributed by atoms with van der Waals surface area (Å²) >= 11 is 0. The highest BCUT2D eigenvalue weighted by atomic mass is 19.4. The van der Waals surface area contributed by atoms with Gasteiger partial charge in [-0.3, -0.25) is 0 Å². The monoisotopic (exact) mass is 303 g/mol. The summed E-state index contributed by atoms with van der Waals surface area (Å²) in [5, 5.41) is 3.26. The van der Waals surface area contributed by atoms with Gasteiger partial charge in [0.2, 0.25) is 0 Å². The van der Waals surface area contributed by atoms with Crippen LogP contribution in [0.15, 0.2) is 24.3 Å². The van der Waals surface area contributed by atoms with Crippen molar-refractivity contribution in [1.82, 2.24) is 5.32 Å². The topological polar surface area (TPSA) is 21.3 Å². The van der Waals surface area contributed by atoms with Crippen molar-refractivity contribution in [2.75, 3.05) is 13.2 Å². The van der Waals surface area contributed by atoms with Crippen LogP contribution in [0.2, 0.25) is 0 Å². The van der Waals surface area contributed by atoms with Gasteiger partial charge in [0.25, 0.3) is 0 Å². The fourth-order valence-corrected chi connectivity index (χ4v) is 2.50. The van der Waals surface area contributed by atoms with E-state index >= 15 is 0 Å². The number of alkyl halides is 3. The molecule has 0 saturated heterocycles. The third kappa shape index (κ3) is 4.45. The van der Waals surface area contributed by atoms with E-state index in [1.54, 1.807) is 6.07 Å². The second-order valence-corrected chi connectivity index (χ2v) is 5.21. The summed E-state index contributed by atoms with van der Waals surface area (Å²) in [6, 6.07) is 5.19. The summed E-state index contributed by atoms with van der Waals surface area (Å²) in [4.78, 5) is 0. The van der Waals surface area contributed by atoms with E-state index in [9.17, 15) is 13.2 Å². The van der Waals surface area contributed by atoms with Crippen LogP contribution in [0.3, 0.4) is 0 Å².